The Labute approximate surface area is 592 Å². The molecule has 2 heterocycles. The largest absolute Gasteiger partial charge is 0.481 e. The van der Waals surface area contributed by atoms with Crippen molar-refractivity contribution in [3.8, 4) is 0 Å². The Hall–Kier alpha value is -11.9. The third-order valence-electron chi connectivity index (χ3n) is 16.0. The molecule has 15 amide bonds. The maximum atomic E-state index is 14.8. The second-order valence-corrected chi connectivity index (χ2v) is 24.3. The highest BCUT2D eigenvalue weighted by Gasteiger charge is 2.41. The summed E-state index contributed by atoms with van der Waals surface area (Å²) < 4.78 is 5.73. The van der Waals surface area contributed by atoms with E-state index in [1.807, 2.05) is 5.32 Å². The SMILES string of the molecule is CCC(C)C1NC(=O)C(CCC(=O)O)NC(=O)C(CC(N)=O)NC(=O)CNC(=O)C(CC(=O)O)NC(=O)C(CCCCN)NC(=O)C(CC(=O)O)NC(=O)C(C)NC(=O)CN(C)C(=O)C(NC(=O)C(CC(N)=O)NC(=O)C(CCC(=O)O)NC(=O)C(Cc2c[nH]c3ccccc23)NC=O)C(C)OC1=O. The van der Waals surface area contributed by atoms with E-state index in [1.54, 1.807) is 30.5 Å². The zero-order valence-corrected chi connectivity index (χ0v) is 57.3. The number of amides is 15. The van der Waals surface area contributed by atoms with E-state index in [0.29, 0.717) is 21.4 Å². The fraction of sp³-hybridized carbons (Fsp3) is 0.548. The van der Waals surface area contributed by atoms with Crippen LogP contribution in [0.5, 0.6) is 0 Å². The van der Waals surface area contributed by atoms with Crippen LogP contribution in [-0.4, -0.2) is 249 Å². The number of primary amides is 2. The molecule has 104 heavy (non-hydrogen) atoms. The number of ether oxygens (including phenoxy) is 1. The second kappa shape index (κ2) is 42.4. The van der Waals surface area contributed by atoms with E-state index in [1.165, 1.54) is 13.8 Å². The quantitative estimate of drug-likeness (QED) is 0.0196. The van der Waals surface area contributed by atoms with Gasteiger partial charge in [0.25, 0.3) is 0 Å². The van der Waals surface area contributed by atoms with Crippen molar-refractivity contribution in [3.63, 3.8) is 0 Å². The number of nitrogens with zero attached hydrogens (tertiary/aromatic N) is 1. The number of hydrogen-bond donors (Lipinski definition) is 20. The van der Waals surface area contributed by atoms with Crippen LogP contribution in [0.3, 0.4) is 0 Å². The van der Waals surface area contributed by atoms with E-state index in [0.717, 1.165) is 20.9 Å². The van der Waals surface area contributed by atoms with Gasteiger partial charge in [0.1, 0.15) is 72.6 Å². The van der Waals surface area contributed by atoms with Crippen molar-refractivity contribution in [2.75, 3.05) is 26.7 Å². The Balaban J connectivity index is 2.23. The number of nitrogens with two attached hydrogens (primary N) is 3. The summed E-state index contributed by atoms with van der Waals surface area (Å²) in [6.45, 7) is 2.73. The number of aromatic amines is 1. The van der Waals surface area contributed by atoms with Crippen molar-refractivity contribution in [1.82, 2.24) is 73.7 Å². The number of carboxylic acids is 4. The van der Waals surface area contributed by atoms with Gasteiger partial charge in [-0.2, -0.15) is 0 Å². The molecule has 13 atom stereocenters. The molecule has 42 heteroatoms. The molecular weight excluding hydrogens is 1380 g/mol. The molecule has 1 saturated heterocycles. The van der Waals surface area contributed by atoms with E-state index >= 15 is 0 Å². The molecule has 0 spiro atoms. The zero-order valence-electron chi connectivity index (χ0n) is 57.3. The number of aromatic nitrogens is 1. The average molecular weight is 1470 g/mol. The van der Waals surface area contributed by atoms with Crippen molar-refractivity contribution >= 4 is 130 Å². The predicted molar refractivity (Wildman–Crippen MR) is 354 cm³/mol. The molecule has 1 aromatic heterocycles. The molecule has 1 fully saturated rings. The number of nitrogens with one attached hydrogen (secondary N) is 13. The van der Waals surface area contributed by atoms with E-state index < -0.39 is 255 Å². The summed E-state index contributed by atoms with van der Waals surface area (Å²) in [6.07, 6.45) is -8.19. The van der Waals surface area contributed by atoms with Gasteiger partial charge < -0.3 is 116 Å². The molecule has 0 saturated carbocycles. The third kappa shape index (κ3) is 29.0. The van der Waals surface area contributed by atoms with Gasteiger partial charge >= 0.3 is 29.8 Å². The number of carbonyl (C=O) groups excluding carboxylic acids is 16. The fourth-order valence-electron chi connectivity index (χ4n) is 10.2. The molecule has 1 aliphatic heterocycles. The second-order valence-electron chi connectivity index (χ2n) is 24.3. The Bertz CT molecular complexity index is 3530. The lowest BCUT2D eigenvalue weighted by Gasteiger charge is -2.32. The average Bonchev–Trinajstić information content (AvgIpc) is 1.76. The van der Waals surface area contributed by atoms with Crippen LogP contribution in [-0.2, 0) is 107 Å². The maximum absolute atomic E-state index is 14.8. The summed E-state index contributed by atoms with van der Waals surface area (Å²) in [4.78, 5) is 271. The molecule has 23 N–H and O–H groups in total. The number of benzene rings is 1. The number of hydrogen-bond acceptors (Lipinski definition) is 22. The molecule has 42 nitrogen and oxygen atoms in total. The number of unbranched alkanes of at least 4 members (excludes halogenated alkanes) is 1. The van der Waals surface area contributed by atoms with Crippen LogP contribution in [0.1, 0.15) is 110 Å². The van der Waals surface area contributed by atoms with Gasteiger partial charge in [0.05, 0.1) is 38.8 Å². The maximum Gasteiger partial charge on any atom is 0.329 e. The van der Waals surface area contributed by atoms with Crippen molar-refractivity contribution in [3.05, 3.63) is 36.0 Å². The number of fused-ring (bicyclic) bond motifs is 1. The van der Waals surface area contributed by atoms with E-state index in [-0.39, 0.29) is 45.1 Å². The summed E-state index contributed by atoms with van der Waals surface area (Å²) in [5.41, 5.74) is 17.7. The first kappa shape index (κ1) is 86.3. The van der Waals surface area contributed by atoms with Crippen LogP contribution in [0, 0.1) is 5.92 Å². The summed E-state index contributed by atoms with van der Waals surface area (Å²) in [5, 5.41) is 65.8. The lowest BCUT2D eigenvalue weighted by molar-refractivity contribution is -0.159. The van der Waals surface area contributed by atoms with E-state index in [9.17, 15) is 116 Å². The van der Waals surface area contributed by atoms with Crippen molar-refractivity contribution in [1.29, 1.82) is 0 Å². The molecule has 0 aliphatic carbocycles. The number of carbonyl (C=O) groups is 20. The van der Waals surface area contributed by atoms with Gasteiger partial charge in [-0.3, -0.25) is 91.1 Å². The molecule has 2 aromatic rings. The molecule has 1 aromatic carbocycles. The smallest absolute Gasteiger partial charge is 0.329 e. The van der Waals surface area contributed by atoms with Crippen LogP contribution in [0.25, 0.3) is 10.9 Å². The van der Waals surface area contributed by atoms with Crippen LogP contribution >= 0.6 is 0 Å². The topological polar surface area (TPSA) is 673 Å². The van der Waals surface area contributed by atoms with Crippen LogP contribution < -0.4 is 81.0 Å². The van der Waals surface area contributed by atoms with Gasteiger partial charge in [-0.05, 0) is 70.0 Å². The first-order valence-electron chi connectivity index (χ1n) is 32.5. The molecule has 1 aliphatic rings. The number of aliphatic carboxylic acids is 4. The minimum absolute atomic E-state index is 0.00454. The predicted octanol–water partition coefficient (Wildman–Crippen LogP) is -8.18. The molecule has 0 radical (unpaired) electrons. The van der Waals surface area contributed by atoms with Gasteiger partial charge in [-0.25, -0.2) is 4.79 Å². The first-order valence-corrected chi connectivity index (χ1v) is 32.5. The number of rotatable bonds is 30. The van der Waals surface area contributed by atoms with Crippen molar-refractivity contribution in [2.24, 2.45) is 23.1 Å². The minimum Gasteiger partial charge on any atom is -0.481 e. The van der Waals surface area contributed by atoms with Gasteiger partial charge in [-0.1, -0.05) is 38.5 Å². The monoisotopic (exact) mass is 1470 g/mol. The number of carboxylic acid groups (broad SMARTS) is 4. The van der Waals surface area contributed by atoms with Gasteiger partial charge in [0.15, 0.2) is 0 Å². The number of cyclic esters (lactones) is 1. The number of para-hydroxylation sites is 1. The highest BCUT2D eigenvalue weighted by Crippen LogP contribution is 2.20. The number of likely N-dealkylation sites (N-methyl/N-ethyl adjacent to an activating group) is 1. The van der Waals surface area contributed by atoms with E-state index in [2.05, 4.69) is 63.5 Å². The highest BCUT2D eigenvalue weighted by atomic mass is 16.5. The molecular formula is C62H89N17O25. The van der Waals surface area contributed by atoms with Gasteiger partial charge in [0, 0.05) is 43.4 Å². The summed E-state index contributed by atoms with van der Waals surface area (Å²) in [5.74, 6) is -27.2. The molecule has 0 bridgehead atoms. The van der Waals surface area contributed by atoms with Crippen LogP contribution in [0.4, 0.5) is 0 Å². The normalized spacial score (nSPS) is 22.3. The molecule has 572 valence electrons. The Morgan fingerprint density at radius 1 is 0.635 bits per heavy atom. The van der Waals surface area contributed by atoms with Gasteiger partial charge in [-0.15, -0.1) is 0 Å². The van der Waals surface area contributed by atoms with Crippen LogP contribution in [0.2, 0.25) is 0 Å². The fourth-order valence-corrected chi connectivity index (χ4v) is 10.2. The lowest BCUT2D eigenvalue weighted by atomic mass is 9.98. The summed E-state index contributed by atoms with van der Waals surface area (Å²) in [7, 11) is 0.936. The Morgan fingerprint density at radius 2 is 1.18 bits per heavy atom. The first-order chi connectivity index (χ1) is 48.9. The standard InChI is InChI=1S/C62H89N17O25/c1-6-28(2)50-62(103)104-30(4)51(78-60(101)39(21-43(65)82)75-55(96)35(14-16-46(85)86)72-57(98)37(68-27-80)19-31-24-66-33-12-8-7-11-32(31)33)61(102)79(5)26-45(84)69-29(3)52(93)74-41(23-49(91)92)59(100)71-34(13-9-10-18-63)54(95)76-40(22-48(89)90)53(94)67-25-44(83)70-38(20-42(64)81)58(99)73-36(56(97)77-50)15-17-47(87)88/h7-8,11-12,24,27-30,34-41,50-51,66H,6,9-10,13-23,25-26,63H2,1-5H3,(H2,64,81)(H2,65,82)(H,67,94)(H,68,80)(H,69,84)(H,70,83)(H,71,100)(H,72,98)(H,73,99)(H,74,93)(H,75,96)(H,76,95)(H,77,97)(H,78,101)(H,85,86)(H,87,88)(H,89,90)(H,91,92). The summed E-state index contributed by atoms with van der Waals surface area (Å²) in [6, 6.07) is -14.3. The van der Waals surface area contributed by atoms with Crippen LogP contribution in [0.15, 0.2) is 30.5 Å². The lowest BCUT2D eigenvalue weighted by Crippen LogP contribution is -2.61. The van der Waals surface area contributed by atoms with Gasteiger partial charge in [0.2, 0.25) is 89.1 Å². The van der Waals surface area contributed by atoms with E-state index in [4.69, 9.17) is 21.9 Å². The summed E-state index contributed by atoms with van der Waals surface area (Å²) >= 11 is 0. The minimum atomic E-state index is -2.26. The zero-order chi connectivity index (χ0) is 78.2. The third-order valence-corrected chi connectivity index (χ3v) is 16.0. The Kier molecular flexibility index (Phi) is 35.2. The molecule has 3 rings (SSSR count). The van der Waals surface area contributed by atoms with Crippen molar-refractivity contribution in [2.45, 2.75) is 184 Å². The Morgan fingerprint density at radius 3 is 1.76 bits per heavy atom. The van der Waals surface area contributed by atoms with Crippen molar-refractivity contribution < 1.29 is 121 Å². The number of H-pyrrole nitrogens is 1. The number of esters is 1. The highest BCUT2D eigenvalue weighted by molar-refractivity contribution is 6.02. The molecule has 13 unspecified atom stereocenters.